The van der Waals surface area contributed by atoms with Gasteiger partial charge in [-0.2, -0.15) is 18.3 Å². The summed E-state index contributed by atoms with van der Waals surface area (Å²) in [5.41, 5.74) is 1.48. The van der Waals surface area contributed by atoms with Crippen molar-refractivity contribution in [2.45, 2.75) is 26.1 Å². The number of amides is 1. The zero-order valence-corrected chi connectivity index (χ0v) is 16.2. The maximum absolute atomic E-state index is 13.2. The molecule has 0 aromatic carbocycles. The number of aromatic nitrogens is 4. The molecule has 3 aromatic heterocycles. The maximum Gasteiger partial charge on any atom is 0.419 e. The van der Waals surface area contributed by atoms with Gasteiger partial charge in [0.1, 0.15) is 16.7 Å². The van der Waals surface area contributed by atoms with E-state index in [0.717, 1.165) is 23.4 Å². The first-order chi connectivity index (χ1) is 13.7. The van der Waals surface area contributed by atoms with Gasteiger partial charge in [-0.3, -0.25) is 19.4 Å². The lowest BCUT2D eigenvalue weighted by atomic mass is 10.0. The maximum atomic E-state index is 13.2. The number of hydrogen-bond acceptors (Lipinski definition) is 4. The first-order valence-corrected chi connectivity index (χ1v) is 9.10. The summed E-state index contributed by atoms with van der Waals surface area (Å²) < 4.78 is 40.5. The van der Waals surface area contributed by atoms with Crippen LogP contribution in [0.2, 0.25) is 5.15 Å². The van der Waals surface area contributed by atoms with Crippen LogP contribution in [0.1, 0.15) is 34.7 Å². The summed E-state index contributed by atoms with van der Waals surface area (Å²) in [6.07, 6.45) is -1.37. The Labute approximate surface area is 168 Å². The molecule has 6 nitrogen and oxygen atoms in total. The number of carbonyl (C=O) groups is 1. The van der Waals surface area contributed by atoms with Crippen molar-refractivity contribution in [1.29, 1.82) is 0 Å². The Balaban J connectivity index is 1.77. The van der Waals surface area contributed by atoms with E-state index in [4.69, 9.17) is 11.6 Å². The topological polar surface area (TPSA) is 63.9 Å². The smallest absolute Gasteiger partial charge is 0.289 e. The molecule has 10 heteroatoms. The SMILES string of the molecule is Cc1cc(-c2cnn3c2C(=O)N(c2ccc(C(F)(F)F)c(Cl)n2)CC3C)ccn1. The highest BCUT2D eigenvalue weighted by Crippen LogP contribution is 2.36. The van der Waals surface area contributed by atoms with E-state index >= 15 is 0 Å². The van der Waals surface area contributed by atoms with E-state index in [2.05, 4.69) is 15.1 Å². The summed E-state index contributed by atoms with van der Waals surface area (Å²) in [5, 5.41) is 3.64. The van der Waals surface area contributed by atoms with Crippen molar-refractivity contribution in [3.63, 3.8) is 0 Å². The minimum absolute atomic E-state index is 0.0594. The largest absolute Gasteiger partial charge is 0.419 e. The van der Waals surface area contributed by atoms with Crippen LogP contribution in [0.5, 0.6) is 0 Å². The average molecular weight is 422 g/mol. The molecule has 4 rings (SSSR count). The summed E-state index contributed by atoms with van der Waals surface area (Å²) in [6.45, 7) is 3.91. The average Bonchev–Trinajstić information content (AvgIpc) is 3.09. The summed E-state index contributed by atoms with van der Waals surface area (Å²) in [6, 6.07) is 5.39. The number of nitrogens with zero attached hydrogens (tertiary/aromatic N) is 5. The van der Waals surface area contributed by atoms with E-state index in [1.165, 1.54) is 4.90 Å². The van der Waals surface area contributed by atoms with Gasteiger partial charge in [0.05, 0.1) is 17.8 Å². The van der Waals surface area contributed by atoms with Crippen molar-refractivity contribution in [2.75, 3.05) is 11.4 Å². The minimum atomic E-state index is -4.62. The molecule has 0 saturated carbocycles. The molecule has 1 unspecified atom stereocenters. The van der Waals surface area contributed by atoms with E-state index in [9.17, 15) is 18.0 Å². The van der Waals surface area contributed by atoms with Gasteiger partial charge < -0.3 is 0 Å². The Hall–Kier alpha value is -2.94. The fourth-order valence-corrected chi connectivity index (χ4v) is 3.63. The van der Waals surface area contributed by atoms with Gasteiger partial charge in [0.2, 0.25) is 0 Å². The molecule has 0 saturated heterocycles. The van der Waals surface area contributed by atoms with Crippen LogP contribution in [0, 0.1) is 6.92 Å². The molecule has 0 spiro atoms. The number of aryl methyl sites for hydroxylation is 1. The number of pyridine rings is 2. The molecule has 4 heterocycles. The van der Waals surface area contributed by atoms with Crippen LogP contribution < -0.4 is 4.90 Å². The van der Waals surface area contributed by atoms with Gasteiger partial charge in [-0.1, -0.05) is 11.6 Å². The summed E-state index contributed by atoms with van der Waals surface area (Å²) >= 11 is 5.75. The predicted molar refractivity (Wildman–Crippen MR) is 101 cm³/mol. The number of fused-ring (bicyclic) bond motifs is 1. The standard InChI is InChI=1S/C19H15ClF3N5O/c1-10-7-12(5-6-24-10)13-8-25-28-11(2)9-27(18(29)16(13)28)15-4-3-14(17(20)26-15)19(21,22)23/h3-8,11H,9H2,1-2H3. The summed E-state index contributed by atoms with van der Waals surface area (Å²) in [5.74, 6) is -0.349. The van der Waals surface area contributed by atoms with Crippen LogP contribution in [0.4, 0.5) is 19.0 Å². The van der Waals surface area contributed by atoms with E-state index < -0.39 is 22.8 Å². The normalized spacial score (nSPS) is 16.8. The van der Waals surface area contributed by atoms with Crippen LogP contribution >= 0.6 is 11.6 Å². The highest BCUT2D eigenvalue weighted by molar-refractivity contribution is 6.30. The van der Waals surface area contributed by atoms with E-state index in [1.807, 2.05) is 19.9 Å². The molecule has 0 bridgehead atoms. The van der Waals surface area contributed by atoms with Crippen molar-refractivity contribution < 1.29 is 18.0 Å². The fourth-order valence-electron chi connectivity index (χ4n) is 3.37. The molecule has 0 aliphatic carbocycles. The minimum Gasteiger partial charge on any atom is -0.289 e. The summed E-state index contributed by atoms with van der Waals surface area (Å²) in [7, 11) is 0. The second-order valence-electron chi connectivity index (χ2n) is 6.81. The second-order valence-corrected chi connectivity index (χ2v) is 7.17. The Morgan fingerprint density at radius 1 is 1.24 bits per heavy atom. The number of carbonyl (C=O) groups excluding carboxylic acids is 1. The second kappa shape index (κ2) is 6.84. The third-order valence-electron chi connectivity index (χ3n) is 4.73. The lowest BCUT2D eigenvalue weighted by Crippen LogP contribution is -2.43. The van der Waals surface area contributed by atoms with Gasteiger partial charge in [-0.25, -0.2) is 4.98 Å². The van der Waals surface area contributed by atoms with E-state index in [-0.39, 0.29) is 18.4 Å². The summed E-state index contributed by atoms with van der Waals surface area (Å²) in [4.78, 5) is 22.6. The fraction of sp³-hybridized carbons (Fsp3) is 0.263. The van der Waals surface area contributed by atoms with Crippen LogP contribution in [0.25, 0.3) is 11.1 Å². The number of halogens is 4. The van der Waals surface area contributed by atoms with Crippen LogP contribution in [0.15, 0.2) is 36.7 Å². The number of alkyl halides is 3. The lowest BCUT2D eigenvalue weighted by molar-refractivity contribution is -0.137. The van der Waals surface area contributed by atoms with Gasteiger partial charge >= 0.3 is 6.18 Å². The molecule has 150 valence electrons. The van der Waals surface area contributed by atoms with Crippen LogP contribution in [-0.4, -0.2) is 32.2 Å². The Bertz CT molecular complexity index is 1110. The third-order valence-corrected chi connectivity index (χ3v) is 5.02. The molecule has 1 atom stereocenters. The van der Waals surface area contributed by atoms with E-state index in [1.54, 1.807) is 23.1 Å². The molecular formula is C19H15ClF3N5O. The highest BCUT2D eigenvalue weighted by atomic mass is 35.5. The van der Waals surface area contributed by atoms with Crippen molar-refractivity contribution >= 4 is 23.3 Å². The van der Waals surface area contributed by atoms with Gasteiger partial charge in [0.15, 0.2) is 0 Å². The van der Waals surface area contributed by atoms with Crippen molar-refractivity contribution in [3.05, 3.63) is 58.8 Å². The van der Waals surface area contributed by atoms with Crippen LogP contribution in [0.3, 0.4) is 0 Å². The van der Waals surface area contributed by atoms with Crippen molar-refractivity contribution in [3.8, 4) is 11.1 Å². The third kappa shape index (κ3) is 3.35. The molecule has 3 aromatic rings. The monoisotopic (exact) mass is 421 g/mol. The first-order valence-electron chi connectivity index (χ1n) is 8.73. The highest BCUT2D eigenvalue weighted by Gasteiger charge is 2.37. The Morgan fingerprint density at radius 2 is 2.00 bits per heavy atom. The number of anilines is 1. The van der Waals surface area contributed by atoms with E-state index in [0.29, 0.717) is 11.3 Å². The molecule has 1 aliphatic heterocycles. The number of rotatable bonds is 2. The Kier molecular flexibility index (Phi) is 4.57. The zero-order valence-electron chi connectivity index (χ0n) is 15.4. The molecular weight excluding hydrogens is 407 g/mol. The molecule has 1 amide bonds. The molecule has 1 aliphatic rings. The lowest BCUT2D eigenvalue weighted by Gasteiger charge is -2.31. The predicted octanol–water partition coefficient (Wildman–Crippen LogP) is 4.54. The number of hydrogen-bond donors (Lipinski definition) is 0. The van der Waals surface area contributed by atoms with Crippen LogP contribution in [-0.2, 0) is 6.18 Å². The van der Waals surface area contributed by atoms with Crippen molar-refractivity contribution in [1.82, 2.24) is 19.7 Å². The van der Waals surface area contributed by atoms with Gasteiger partial charge in [-0.15, -0.1) is 0 Å². The first kappa shape index (κ1) is 19.4. The van der Waals surface area contributed by atoms with Gasteiger partial charge in [0, 0.05) is 24.0 Å². The van der Waals surface area contributed by atoms with Gasteiger partial charge in [-0.05, 0) is 43.7 Å². The van der Waals surface area contributed by atoms with Crippen molar-refractivity contribution in [2.24, 2.45) is 0 Å². The molecule has 29 heavy (non-hydrogen) atoms. The quantitative estimate of drug-likeness (QED) is 0.570. The Morgan fingerprint density at radius 3 is 2.66 bits per heavy atom. The molecule has 0 fully saturated rings. The van der Waals surface area contributed by atoms with Gasteiger partial charge in [0.25, 0.3) is 5.91 Å². The molecule has 0 N–H and O–H groups in total. The molecule has 0 radical (unpaired) electrons. The zero-order chi connectivity index (χ0) is 20.9.